The molecule has 0 saturated heterocycles. The highest BCUT2D eigenvalue weighted by Gasteiger charge is 2.29. The highest BCUT2D eigenvalue weighted by molar-refractivity contribution is 5.20. The molecule has 0 atom stereocenters. The van der Waals surface area contributed by atoms with Crippen molar-refractivity contribution >= 4 is 0 Å². The monoisotopic (exact) mass is 346 g/mol. The molecule has 0 heterocycles. The normalized spacial score (nSPS) is 9.80. The first kappa shape index (κ1) is 20.3. The number of rotatable bonds is 1. The van der Waals surface area contributed by atoms with Gasteiger partial charge in [-0.25, -0.2) is 0 Å². The van der Waals surface area contributed by atoms with Gasteiger partial charge in [0, 0.05) is 0 Å². The van der Waals surface area contributed by atoms with Gasteiger partial charge in [0.15, 0.2) is 0 Å². The molecular weight excluding hydrogens is 325 g/mol. The van der Waals surface area contributed by atoms with Crippen LogP contribution >= 0.6 is 0 Å². The number of benzene rings is 3. The van der Waals surface area contributed by atoms with Crippen molar-refractivity contribution in [3.05, 3.63) is 102 Å². The van der Waals surface area contributed by atoms with E-state index in [9.17, 15) is 13.2 Å². The number of ether oxygens (including phenoxy) is 1. The summed E-state index contributed by atoms with van der Waals surface area (Å²) in [6, 6.07) is 26.3. The van der Waals surface area contributed by atoms with E-state index >= 15 is 0 Å². The molecule has 0 spiro atoms. The Kier molecular flexibility index (Phi) is 8.86. The van der Waals surface area contributed by atoms with E-state index in [1.54, 1.807) is 13.2 Å². The fourth-order valence-electron chi connectivity index (χ4n) is 1.72. The van der Waals surface area contributed by atoms with Crippen LogP contribution in [0.1, 0.15) is 11.1 Å². The van der Waals surface area contributed by atoms with Gasteiger partial charge in [-0.1, -0.05) is 84.4 Å². The SMILES string of the molecule is COc1ccccc1.Cc1ccccc1.FC(F)(F)c1ccccc1. The topological polar surface area (TPSA) is 9.23 Å². The predicted molar refractivity (Wildman–Crippen MR) is 95.6 cm³/mol. The maximum Gasteiger partial charge on any atom is 0.416 e. The summed E-state index contributed by atoms with van der Waals surface area (Å²) in [4.78, 5) is 0. The summed E-state index contributed by atoms with van der Waals surface area (Å²) in [5.74, 6) is 0.910. The maximum absolute atomic E-state index is 11.8. The lowest BCUT2D eigenvalue weighted by atomic mass is 10.2. The number of aryl methyl sites for hydroxylation is 1. The van der Waals surface area contributed by atoms with Crippen LogP contribution in [0.4, 0.5) is 13.2 Å². The number of para-hydroxylation sites is 1. The minimum atomic E-state index is -4.21. The highest BCUT2D eigenvalue weighted by Crippen LogP contribution is 2.28. The second-order valence-corrected chi connectivity index (χ2v) is 5.04. The molecule has 0 amide bonds. The van der Waals surface area contributed by atoms with Gasteiger partial charge in [-0.3, -0.25) is 0 Å². The van der Waals surface area contributed by atoms with Crippen LogP contribution in [0.25, 0.3) is 0 Å². The second-order valence-electron chi connectivity index (χ2n) is 5.04. The van der Waals surface area contributed by atoms with E-state index in [0.29, 0.717) is 0 Å². The Morgan fingerprint density at radius 1 is 0.640 bits per heavy atom. The Labute approximate surface area is 146 Å². The largest absolute Gasteiger partial charge is 0.497 e. The fourth-order valence-corrected chi connectivity index (χ4v) is 1.72. The minimum absolute atomic E-state index is 0.602. The molecule has 0 aliphatic heterocycles. The van der Waals surface area contributed by atoms with Crippen LogP contribution in [0, 0.1) is 6.92 Å². The summed E-state index contributed by atoms with van der Waals surface area (Å²) in [7, 11) is 1.66. The molecule has 0 fully saturated rings. The van der Waals surface area contributed by atoms with Gasteiger partial charge in [0.1, 0.15) is 5.75 Å². The standard InChI is InChI=1S/C7H5F3.C7H8O.C7H8/c8-7(9,10)6-4-2-1-3-5-6;1-8-7-5-3-2-4-6-7;1-7-5-3-2-4-6-7/h1-5H;2-6H,1H3;2-6H,1H3. The molecule has 4 heteroatoms. The van der Waals surface area contributed by atoms with Gasteiger partial charge >= 0.3 is 6.18 Å². The Morgan fingerprint density at radius 2 is 1.04 bits per heavy atom. The molecule has 0 N–H and O–H groups in total. The zero-order chi connectivity index (χ0) is 18.5. The lowest BCUT2D eigenvalue weighted by Gasteiger charge is -2.03. The molecule has 1 nitrogen and oxygen atoms in total. The van der Waals surface area contributed by atoms with Crippen LogP contribution in [0.15, 0.2) is 91.0 Å². The zero-order valence-corrected chi connectivity index (χ0v) is 14.2. The fraction of sp³-hybridized carbons (Fsp3) is 0.143. The quantitative estimate of drug-likeness (QED) is 0.496. The molecule has 0 unspecified atom stereocenters. The Bertz CT molecular complexity index is 681. The maximum atomic E-state index is 11.8. The van der Waals surface area contributed by atoms with Gasteiger partial charge in [0.05, 0.1) is 12.7 Å². The first-order chi connectivity index (χ1) is 11.9. The van der Waals surface area contributed by atoms with Crippen molar-refractivity contribution in [3.63, 3.8) is 0 Å². The second kappa shape index (κ2) is 10.9. The molecule has 0 aliphatic rings. The molecule has 0 bridgehead atoms. The van der Waals surface area contributed by atoms with Crippen LogP contribution in [-0.4, -0.2) is 7.11 Å². The zero-order valence-electron chi connectivity index (χ0n) is 14.2. The smallest absolute Gasteiger partial charge is 0.416 e. The average Bonchev–Trinajstić information content (AvgIpc) is 2.64. The Hall–Kier alpha value is -2.75. The first-order valence-electron chi connectivity index (χ1n) is 7.66. The van der Waals surface area contributed by atoms with E-state index in [1.807, 2.05) is 48.5 Å². The Balaban J connectivity index is 0.000000191. The lowest BCUT2D eigenvalue weighted by Crippen LogP contribution is -2.03. The molecule has 3 rings (SSSR count). The summed E-state index contributed by atoms with van der Waals surface area (Å²) in [6.07, 6.45) is -4.21. The van der Waals surface area contributed by atoms with Gasteiger partial charge in [-0.15, -0.1) is 0 Å². The van der Waals surface area contributed by atoms with E-state index in [-0.39, 0.29) is 0 Å². The molecular formula is C21H21F3O. The third-order valence-electron chi connectivity index (χ3n) is 3.02. The molecule has 3 aromatic rings. The van der Waals surface area contributed by atoms with Crippen molar-refractivity contribution in [2.45, 2.75) is 13.1 Å². The Morgan fingerprint density at radius 3 is 1.28 bits per heavy atom. The summed E-state index contributed by atoms with van der Waals surface area (Å²) < 4.78 is 40.3. The van der Waals surface area contributed by atoms with E-state index in [0.717, 1.165) is 17.9 Å². The number of hydrogen-bond acceptors (Lipinski definition) is 1. The van der Waals surface area contributed by atoms with E-state index in [1.165, 1.54) is 17.7 Å². The average molecular weight is 346 g/mol. The van der Waals surface area contributed by atoms with Crippen molar-refractivity contribution in [2.24, 2.45) is 0 Å². The van der Waals surface area contributed by atoms with Crippen molar-refractivity contribution < 1.29 is 17.9 Å². The number of halogens is 3. The van der Waals surface area contributed by atoms with Crippen molar-refractivity contribution in [1.29, 1.82) is 0 Å². The van der Waals surface area contributed by atoms with Crippen LogP contribution in [0.5, 0.6) is 5.75 Å². The van der Waals surface area contributed by atoms with E-state index in [4.69, 9.17) is 4.74 Å². The summed E-state index contributed by atoms with van der Waals surface area (Å²) in [5.41, 5.74) is 0.720. The number of methoxy groups -OCH3 is 1. The van der Waals surface area contributed by atoms with E-state index in [2.05, 4.69) is 19.1 Å². The van der Waals surface area contributed by atoms with Gasteiger partial charge in [-0.2, -0.15) is 13.2 Å². The minimum Gasteiger partial charge on any atom is -0.497 e. The van der Waals surface area contributed by atoms with Gasteiger partial charge < -0.3 is 4.74 Å². The van der Waals surface area contributed by atoms with Crippen molar-refractivity contribution in [2.75, 3.05) is 7.11 Å². The van der Waals surface area contributed by atoms with Gasteiger partial charge in [0.2, 0.25) is 0 Å². The molecule has 132 valence electrons. The van der Waals surface area contributed by atoms with Crippen LogP contribution in [0.3, 0.4) is 0 Å². The molecule has 0 aromatic heterocycles. The third kappa shape index (κ3) is 9.20. The van der Waals surface area contributed by atoms with Gasteiger partial charge in [0.25, 0.3) is 0 Å². The van der Waals surface area contributed by atoms with Crippen molar-refractivity contribution in [1.82, 2.24) is 0 Å². The van der Waals surface area contributed by atoms with Crippen molar-refractivity contribution in [3.8, 4) is 5.75 Å². The summed E-state index contributed by atoms with van der Waals surface area (Å²) in [5, 5.41) is 0. The molecule has 0 aliphatic carbocycles. The highest BCUT2D eigenvalue weighted by atomic mass is 19.4. The van der Waals surface area contributed by atoms with Gasteiger partial charge in [-0.05, 0) is 19.1 Å². The van der Waals surface area contributed by atoms with Crippen LogP contribution < -0.4 is 4.74 Å². The first-order valence-corrected chi connectivity index (χ1v) is 7.66. The summed E-state index contributed by atoms with van der Waals surface area (Å²) >= 11 is 0. The summed E-state index contributed by atoms with van der Waals surface area (Å²) in [6.45, 7) is 2.08. The third-order valence-corrected chi connectivity index (χ3v) is 3.02. The molecule has 3 aromatic carbocycles. The van der Waals surface area contributed by atoms with Crippen LogP contribution in [0.2, 0.25) is 0 Å². The lowest BCUT2D eigenvalue weighted by molar-refractivity contribution is -0.137. The molecule has 0 saturated carbocycles. The molecule has 25 heavy (non-hydrogen) atoms. The van der Waals surface area contributed by atoms with Crippen LogP contribution in [-0.2, 0) is 6.18 Å². The van der Waals surface area contributed by atoms with E-state index < -0.39 is 11.7 Å². The number of alkyl halides is 3. The molecule has 0 radical (unpaired) electrons. The number of hydrogen-bond donors (Lipinski definition) is 0. The predicted octanol–water partition coefficient (Wildman–Crippen LogP) is 6.40.